The first kappa shape index (κ1) is 15.4. The van der Waals surface area contributed by atoms with Gasteiger partial charge in [0.25, 0.3) is 0 Å². The Morgan fingerprint density at radius 1 is 1.18 bits per heavy atom. The smallest absolute Gasteiger partial charge is 0.171 e. The Labute approximate surface area is 139 Å². The fourth-order valence-electron chi connectivity index (χ4n) is 3.41. The van der Waals surface area contributed by atoms with Crippen LogP contribution in [0.3, 0.4) is 0 Å². The first-order valence-corrected chi connectivity index (χ1v) is 7.98. The van der Waals surface area contributed by atoms with Crippen LogP contribution in [0.2, 0.25) is 10.0 Å². The number of aromatic hydroxyl groups is 1. The predicted molar refractivity (Wildman–Crippen MR) is 89.1 cm³/mol. The largest absolute Gasteiger partial charge is 0.506 e. The number of benzene rings is 2. The SMILES string of the molecule is CC[C@]1(C)C(=O)c2c(cc(O)c(Cl)c2Cl)[C@H]1c1ccccc1. The molecule has 0 saturated heterocycles. The fourth-order valence-corrected chi connectivity index (χ4v) is 3.85. The second-order valence-electron chi connectivity index (χ2n) is 5.93. The highest BCUT2D eigenvalue weighted by Gasteiger charge is 2.50. The van der Waals surface area contributed by atoms with Crippen molar-refractivity contribution in [1.82, 2.24) is 0 Å². The van der Waals surface area contributed by atoms with Crippen LogP contribution in [0, 0.1) is 5.41 Å². The molecule has 0 fully saturated rings. The molecule has 0 bridgehead atoms. The van der Waals surface area contributed by atoms with E-state index in [4.69, 9.17) is 23.2 Å². The third-order valence-electron chi connectivity index (χ3n) is 4.78. The van der Waals surface area contributed by atoms with E-state index in [-0.39, 0.29) is 27.5 Å². The molecule has 22 heavy (non-hydrogen) atoms. The molecule has 0 amide bonds. The number of halogens is 2. The number of carbonyl (C=O) groups excluding carboxylic acids is 1. The number of hydrogen-bond acceptors (Lipinski definition) is 2. The lowest BCUT2D eigenvalue weighted by Crippen LogP contribution is -2.27. The lowest BCUT2D eigenvalue weighted by Gasteiger charge is -2.29. The average Bonchev–Trinajstić information content (AvgIpc) is 2.74. The molecule has 0 heterocycles. The number of phenolic OH excluding ortho intramolecular Hbond substituents is 1. The molecule has 0 saturated carbocycles. The van der Waals surface area contributed by atoms with Crippen molar-refractivity contribution in [3.8, 4) is 5.75 Å². The van der Waals surface area contributed by atoms with Crippen molar-refractivity contribution in [2.24, 2.45) is 5.41 Å². The molecule has 1 N–H and O–H groups in total. The van der Waals surface area contributed by atoms with E-state index in [0.717, 1.165) is 11.1 Å². The quantitative estimate of drug-likeness (QED) is 0.793. The number of fused-ring (bicyclic) bond motifs is 1. The van der Waals surface area contributed by atoms with Crippen LogP contribution in [0.25, 0.3) is 0 Å². The molecule has 2 aromatic carbocycles. The van der Waals surface area contributed by atoms with Gasteiger partial charge in [0.1, 0.15) is 10.8 Å². The first-order chi connectivity index (χ1) is 10.4. The fraction of sp³-hybridized carbons (Fsp3) is 0.278. The minimum Gasteiger partial charge on any atom is -0.506 e. The Morgan fingerprint density at radius 3 is 2.41 bits per heavy atom. The zero-order chi connectivity index (χ0) is 16.1. The van der Waals surface area contributed by atoms with Crippen molar-refractivity contribution in [1.29, 1.82) is 0 Å². The summed E-state index contributed by atoms with van der Waals surface area (Å²) in [6.45, 7) is 3.95. The van der Waals surface area contributed by atoms with E-state index in [9.17, 15) is 9.90 Å². The molecule has 1 aliphatic rings. The number of carbonyl (C=O) groups is 1. The van der Waals surface area contributed by atoms with Gasteiger partial charge in [-0.1, -0.05) is 67.4 Å². The topological polar surface area (TPSA) is 37.3 Å². The molecule has 4 heteroatoms. The minimum atomic E-state index is -0.593. The lowest BCUT2D eigenvalue weighted by molar-refractivity contribution is 0.0817. The summed E-state index contributed by atoms with van der Waals surface area (Å²) in [5.74, 6) is -0.230. The summed E-state index contributed by atoms with van der Waals surface area (Å²) in [7, 11) is 0. The summed E-state index contributed by atoms with van der Waals surface area (Å²) in [5.41, 5.74) is 1.65. The van der Waals surface area contributed by atoms with E-state index in [2.05, 4.69) is 0 Å². The molecule has 2 atom stereocenters. The molecule has 0 aromatic heterocycles. The van der Waals surface area contributed by atoms with Crippen molar-refractivity contribution >= 4 is 29.0 Å². The number of ketones is 1. The van der Waals surface area contributed by atoms with Crippen molar-refractivity contribution in [3.63, 3.8) is 0 Å². The van der Waals surface area contributed by atoms with Gasteiger partial charge in [-0.3, -0.25) is 4.79 Å². The highest BCUT2D eigenvalue weighted by Crippen LogP contribution is 2.56. The summed E-state index contributed by atoms with van der Waals surface area (Å²) in [5, 5.41) is 10.2. The third kappa shape index (κ3) is 1.98. The van der Waals surface area contributed by atoms with Crippen LogP contribution in [-0.4, -0.2) is 10.9 Å². The molecular formula is C18H16Cl2O2. The van der Waals surface area contributed by atoms with Gasteiger partial charge < -0.3 is 5.11 Å². The van der Waals surface area contributed by atoms with Crippen LogP contribution < -0.4 is 0 Å². The van der Waals surface area contributed by atoms with Gasteiger partial charge in [-0.05, 0) is 23.6 Å². The van der Waals surface area contributed by atoms with Crippen LogP contribution >= 0.6 is 23.2 Å². The van der Waals surface area contributed by atoms with Crippen LogP contribution in [0.5, 0.6) is 5.75 Å². The number of phenols is 1. The maximum atomic E-state index is 13.0. The van der Waals surface area contributed by atoms with Crippen LogP contribution in [-0.2, 0) is 0 Å². The summed E-state index contributed by atoms with van der Waals surface area (Å²) >= 11 is 12.3. The second kappa shape index (κ2) is 5.29. The molecule has 2 aromatic rings. The molecule has 3 rings (SSSR count). The predicted octanol–water partition coefficient (Wildman–Crippen LogP) is 5.44. The van der Waals surface area contributed by atoms with E-state index in [1.165, 1.54) is 0 Å². The molecular weight excluding hydrogens is 319 g/mol. The Bertz CT molecular complexity index is 755. The molecule has 0 aliphatic heterocycles. The summed E-state index contributed by atoms with van der Waals surface area (Å²) in [4.78, 5) is 13.0. The van der Waals surface area contributed by atoms with Crippen molar-refractivity contribution in [2.45, 2.75) is 26.2 Å². The van der Waals surface area contributed by atoms with Gasteiger partial charge in [0, 0.05) is 16.9 Å². The number of rotatable bonds is 2. The van der Waals surface area contributed by atoms with Gasteiger partial charge >= 0.3 is 0 Å². The Morgan fingerprint density at radius 2 is 1.82 bits per heavy atom. The van der Waals surface area contributed by atoms with Gasteiger partial charge in [-0.15, -0.1) is 0 Å². The van der Waals surface area contributed by atoms with E-state index in [0.29, 0.717) is 12.0 Å². The molecule has 0 radical (unpaired) electrons. The molecule has 114 valence electrons. The van der Waals surface area contributed by atoms with E-state index in [1.54, 1.807) is 6.07 Å². The molecule has 2 nitrogen and oxygen atoms in total. The number of Topliss-reactive ketones (excluding diaryl/α,β-unsaturated/α-hetero) is 1. The second-order valence-corrected chi connectivity index (χ2v) is 6.69. The standard InChI is InChI=1S/C18H16Cl2O2/c1-3-18(2)14(10-7-5-4-6-8-10)11-9-12(21)15(19)16(20)13(11)17(18)22/h4-9,14,21H,3H2,1-2H3/t14-,18+/m1/s1. The van der Waals surface area contributed by atoms with Crippen LogP contribution in [0.15, 0.2) is 36.4 Å². The Balaban J connectivity index is 2.33. The zero-order valence-electron chi connectivity index (χ0n) is 12.4. The van der Waals surface area contributed by atoms with Crippen molar-refractivity contribution < 1.29 is 9.90 Å². The van der Waals surface area contributed by atoms with Gasteiger partial charge in [0.05, 0.1) is 5.02 Å². The summed E-state index contributed by atoms with van der Waals surface area (Å²) in [6.07, 6.45) is 0.675. The highest BCUT2D eigenvalue weighted by molar-refractivity contribution is 6.45. The van der Waals surface area contributed by atoms with Crippen molar-refractivity contribution in [3.05, 3.63) is 63.1 Å². The average molecular weight is 335 g/mol. The van der Waals surface area contributed by atoms with Gasteiger partial charge in [0.15, 0.2) is 5.78 Å². The summed E-state index contributed by atoms with van der Waals surface area (Å²) in [6, 6.07) is 11.4. The van der Waals surface area contributed by atoms with Gasteiger partial charge in [0.2, 0.25) is 0 Å². The monoisotopic (exact) mass is 334 g/mol. The number of hydrogen-bond donors (Lipinski definition) is 1. The third-order valence-corrected chi connectivity index (χ3v) is 5.64. The van der Waals surface area contributed by atoms with E-state index < -0.39 is 5.41 Å². The van der Waals surface area contributed by atoms with Crippen LogP contribution in [0.4, 0.5) is 0 Å². The van der Waals surface area contributed by atoms with Gasteiger partial charge in [-0.2, -0.15) is 0 Å². The maximum Gasteiger partial charge on any atom is 0.171 e. The van der Waals surface area contributed by atoms with Crippen molar-refractivity contribution in [2.75, 3.05) is 0 Å². The highest BCUT2D eigenvalue weighted by atomic mass is 35.5. The summed E-state index contributed by atoms with van der Waals surface area (Å²) < 4.78 is 0. The van der Waals surface area contributed by atoms with E-state index in [1.807, 2.05) is 44.2 Å². The first-order valence-electron chi connectivity index (χ1n) is 7.22. The Kier molecular flexibility index (Phi) is 3.70. The van der Waals surface area contributed by atoms with Crippen LogP contribution in [0.1, 0.15) is 47.7 Å². The normalized spacial score (nSPS) is 23.6. The van der Waals surface area contributed by atoms with Gasteiger partial charge in [-0.25, -0.2) is 0 Å². The Hall–Kier alpha value is -1.51. The maximum absolute atomic E-state index is 13.0. The van der Waals surface area contributed by atoms with E-state index >= 15 is 0 Å². The zero-order valence-corrected chi connectivity index (χ0v) is 13.9. The lowest BCUT2D eigenvalue weighted by atomic mass is 9.72. The molecule has 0 unspecified atom stereocenters. The minimum absolute atomic E-state index is 0.00856. The molecule has 1 aliphatic carbocycles. The molecule has 0 spiro atoms.